The van der Waals surface area contributed by atoms with E-state index in [1.165, 1.54) is 18.2 Å². The van der Waals surface area contributed by atoms with Crippen molar-refractivity contribution in [2.45, 2.75) is 24.7 Å². The molecule has 1 atom stereocenters. The first-order valence-electron chi connectivity index (χ1n) is 7.41. The van der Waals surface area contributed by atoms with Gasteiger partial charge in [-0.1, -0.05) is 48.0 Å². The SMILES string of the molecule is CNCC1c2ccccc2C(F)(F)C(F)(F)c2ccc(C)cc21. The van der Waals surface area contributed by atoms with Crippen molar-refractivity contribution < 1.29 is 17.6 Å². The third-order valence-electron chi connectivity index (χ3n) is 4.40. The molecule has 1 aliphatic rings. The first kappa shape index (κ1) is 16.0. The molecule has 23 heavy (non-hydrogen) atoms. The van der Waals surface area contributed by atoms with E-state index >= 15 is 0 Å². The molecule has 122 valence electrons. The van der Waals surface area contributed by atoms with Crippen LogP contribution in [0.15, 0.2) is 42.5 Å². The van der Waals surface area contributed by atoms with Crippen LogP contribution < -0.4 is 5.32 Å². The number of nitrogens with one attached hydrogen (secondary N) is 1. The zero-order valence-corrected chi connectivity index (χ0v) is 12.8. The number of alkyl halides is 4. The molecule has 2 aromatic carbocycles. The Kier molecular flexibility index (Phi) is 3.71. The molecule has 1 nitrogen and oxygen atoms in total. The van der Waals surface area contributed by atoms with Gasteiger partial charge < -0.3 is 5.32 Å². The molecule has 2 aromatic rings. The second-order valence-corrected chi connectivity index (χ2v) is 5.94. The molecule has 1 aliphatic carbocycles. The molecule has 0 aromatic heterocycles. The number of rotatable bonds is 2. The first-order valence-corrected chi connectivity index (χ1v) is 7.41. The highest BCUT2D eigenvalue weighted by atomic mass is 19.3. The van der Waals surface area contributed by atoms with Gasteiger partial charge in [0.15, 0.2) is 0 Å². The molecule has 3 rings (SSSR count). The van der Waals surface area contributed by atoms with Gasteiger partial charge in [0.1, 0.15) is 0 Å². The van der Waals surface area contributed by atoms with Crippen molar-refractivity contribution in [3.05, 3.63) is 70.3 Å². The molecule has 1 unspecified atom stereocenters. The highest BCUT2D eigenvalue weighted by Crippen LogP contribution is 2.55. The number of hydrogen-bond donors (Lipinski definition) is 1. The highest BCUT2D eigenvalue weighted by Gasteiger charge is 2.62. The third kappa shape index (κ3) is 2.26. The molecular formula is C18H17F4N. The molecule has 0 spiro atoms. The lowest BCUT2D eigenvalue weighted by atomic mass is 9.87. The summed E-state index contributed by atoms with van der Waals surface area (Å²) >= 11 is 0. The van der Waals surface area contributed by atoms with Gasteiger partial charge in [0.2, 0.25) is 0 Å². The predicted molar refractivity (Wildman–Crippen MR) is 81.2 cm³/mol. The Hall–Kier alpha value is -1.88. The molecule has 0 radical (unpaired) electrons. The van der Waals surface area contributed by atoms with Gasteiger partial charge in [-0.15, -0.1) is 0 Å². The number of fused-ring (bicyclic) bond motifs is 2. The van der Waals surface area contributed by atoms with Gasteiger partial charge in [-0.2, -0.15) is 17.6 Å². The number of hydrogen-bond acceptors (Lipinski definition) is 1. The minimum atomic E-state index is -4.26. The molecule has 1 N–H and O–H groups in total. The van der Waals surface area contributed by atoms with E-state index in [1.807, 2.05) is 0 Å². The quantitative estimate of drug-likeness (QED) is 0.800. The van der Waals surface area contributed by atoms with Gasteiger partial charge in [0, 0.05) is 23.6 Å². The third-order valence-corrected chi connectivity index (χ3v) is 4.40. The van der Waals surface area contributed by atoms with E-state index in [0.717, 1.165) is 17.7 Å². The molecule has 0 saturated heterocycles. The van der Waals surface area contributed by atoms with Gasteiger partial charge in [-0.3, -0.25) is 0 Å². The van der Waals surface area contributed by atoms with E-state index in [0.29, 0.717) is 6.54 Å². The van der Waals surface area contributed by atoms with Crippen molar-refractivity contribution in [1.29, 1.82) is 0 Å². The fourth-order valence-corrected chi connectivity index (χ4v) is 3.27. The molecule has 0 fully saturated rings. The van der Waals surface area contributed by atoms with Crippen LogP contribution in [0.4, 0.5) is 17.6 Å². The lowest BCUT2D eigenvalue weighted by Gasteiger charge is -2.27. The summed E-state index contributed by atoms with van der Waals surface area (Å²) in [5, 5.41) is 2.93. The largest absolute Gasteiger partial charge is 0.340 e. The Morgan fingerprint density at radius 1 is 0.913 bits per heavy atom. The van der Waals surface area contributed by atoms with Crippen molar-refractivity contribution in [2.75, 3.05) is 13.6 Å². The average Bonchev–Trinajstić information content (AvgIpc) is 2.56. The standard InChI is InChI=1S/C18H17F4N/c1-11-7-8-16-13(9-11)14(10-23-2)12-5-3-4-6-15(12)17(19,20)18(16,21)22/h3-9,14,23H,10H2,1-2H3. The summed E-state index contributed by atoms with van der Waals surface area (Å²) in [4.78, 5) is 0. The van der Waals surface area contributed by atoms with Crippen LogP contribution in [0, 0.1) is 6.92 Å². The van der Waals surface area contributed by atoms with Crippen LogP contribution in [-0.4, -0.2) is 13.6 Å². The number of aryl methyl sites for hydroxylation is 1. The van der Waals surface area contributed by atoms with E-state index in [1.54, 1.807) is 26.1 Å². The zero-order valence-electron chi connectivity index (χ0n) is 12.8. The van der Waals surface area contributed by atoms with Gasteiger partial charge in [-0.25, -0.2) is 0 Å². The highest BCUT2D eigenvalue weighted by molar-refractivity contribution is 5.51. The molecule has 0 heterocycles. The summed E-state index contributed by atoms with van der Waals surface area (Å²) < 4.78 is 58.7. The minimum absolute atomic E-state index is 0.246. The van der Waals surface area contributed by atoms with Crippen molar-refractivity contribution in [1.82, 2.24) is 5.32 Å². The van der Waals surface area contributed by atoms with Crippen LogP contribution in [-0.2, 0) is 11.8 Å². The summed E-state index contributed by atoms with van der Waals surface area (Å²) in [6.45, 7) is 2.07. The summed E-state index contributed by atoms with van der Waals surface area (Å²) in [6.07, 6.45) is 0. The summed E-state index contributed by atoms with van der Waals surface area (Å²) in [5.41, 5.74) is 0.0804. The van der Waals surface area contributed by atoms with E-state index in [4.69, 9.17) is 0 Å². The summed E-state index contributed by atoms with van der Waals surface area (Å²) in [6, 6.07) is 9.77. The van der Waals surface area contributed by atoms with E-state index < -0.39 is 28.9 Å². The molecule has 0 amide bonds. The van der Waals surface area contributed by atoms with Crippen molar-refractivity contribution in [3.8, 4) is 0 Å². The lowest BCUT2D eigenvalue weighted by molar-refractivity contribution is -0.223. The topological polar surface area (TPSA) is 12.0 Å². The fourth-order valence-electron chi connectivity index (χ4n) is 3.27. The molecule has 0 saturated carbocycles. The maximum absolute atomic E-state index is 14.7. The molecule has 5 heteroatoms. The Labute approximate surface area is 132 Å². The van der Waals surface area contributed by atoms with Gasteiger partial charge in [0.05, 0.1) is 0 Å². The molecular weight excluding hydrogens is 306 g/mol. The average molecular weight is 323 g/mol. The fraction of sp³-hybridized carbons (Fsp3) is 0.333. The van der Waals surface area contributed by atoms with Gasteiger partial charge in [-0.05, 0) is 25.1 Å². The minimum Gasteiger partial charge on any atom is -0.319 e. The lowest BCUT2D eigenvalue weighted by Crippen LogP contribution is -2.35. The van der Waals surface area contributed by atoms with E-state index in [9.17, 15) is 17.6 Å². The van der Waals surface area contributed by atoms with Gasteiger partial charge in [0.25, 0.3) is 0 Å². The Morgan fingerprint density at radius 2 is 1.52 bits per heavy atom. The normalized spacial score (nSPS) is 21.2. The summed E-state index contributed by atoms with van der Waals surface area (Å²) in [5.74, 6) is -9.06. The van der Waals surface area contributed by atoms with Crippen LogP contribution in [0.3, 0.4) is 0 Å². The Morgan fingerprint density at radius 3 is 2.17 bits per heavy atom. The molecule has 0 aliphatic heterocycles. The van der Waals surface area contributed by atoms with Crippen LogP contribution >= 0.6 is 0 Å². The maximum Gasteiger partial charge on any atom is 0.340 e. The Balaban J connectivity index is 2.40. The monoisotopic (exact) mass is 323 g/mol. The number of halogens is 4. The second kappa shape index (κ2) is 5.34. The smallest absolute Gasteiger partial charge is 0.319 e. The number of likely N-dealkylation sites (N-methyl/N-ethyl adjacent to an activating group) is 1. The first-order chi connectivity index (χ1) is 10.8. The number of benzene rings is 2. The van der Waals surface area contributed by atoms with Crippen LogP contribution in [0.1, 0.15) is 33.7 Å². The maximum atomic E-state index is 14.7. The van der Waals surface area contributed by atoms with E-state index in [2.05, 4.69) is 5.32 Å². The van der Waals surface area contributed by atoms with Crippen LogP contribution in [0.2, 0.25) is 0 Å². The van der Waals surface area contributed by atoms with Crippen molar-refractivity contribution in [2.24, 2.45) is 0 Å². The van der Waals surface area contributed by atoms with E-state index in [-0.39, 0.29) is 11.1 Å². The van der Waals surface area contributed by atoms with Crippen molar-refractivity contribution in [3.63, 3.8) is 0 Å². The molecule has 0 bridgehead atoms. The van der Waals surface area contributed by atoms with Crippen molar-refractivity contribution >= 4 is 0 Å². The van der Waals surface area contributed by atoms with Crippen LogP contribution in [0.5, 0.6) is 0 Å². The van der Waals surface area contributed by atoms with Crippen LogP contribution in [0.25, 0.3) is 0 Å². The second-order valence-electron chi connectivity index (χ2n) is 5.94. The Bertz CT molecular complexity index is 740. The van der Waals surface area contributed by atoms with Gasteiger partial charge >= 0.3 is 11.8 Å². The zero-order chi connectivity index (χ0) is 16.8. The summed E-state index contributed by atoms with van der Waals surface area (Å²) in [7, 11) is 1.68. The predicted octanol–water partition coefficient (Wildman–Crippen LogP) is 4.54.